The zero-order valence-corrected chi connectivity index (χ0v) is 15.3. The van der Waals surface area contributed by atoms with Crippen molar-refractivity contribution in [2.45, 2.75) is 39.5 Å². The topological polar surface area (TPSA) is 0 Å². The molecule has 120 valence electrons. The summed E-state index contributed by atoms with van der Waals surface area (Å²) in [7, 11) is 0. The Hall–Kier alpha value is -0.860. The Kier molecular flexibility index (Phi) is 8.50. The molecule has 0 N–H and O–H groups in total. The van der Waals surface area contributed by atoms with Crippen LogP contribution in [0.3, 0.4) is 0 Å². The van der Waals surface area contributed by atoms with Crippen molar-refractivity contribution in [3.63, 3.8) is 0 Å². The quantitative estimate of drug-likeness (QED) is 0.645. The number of rotatable bonds is 6. The Morgan fingerprint density at radius 3 is 1.27 bits per heavy atom. The Morgan fingerprint density at radius 2 is 1.00 bits per heavy atom. The van der Waals surface area contributed by atoms with E-state index in [0.717, 1.165) is 25.7 Å². The van der Waals surface area contributed by atoms with Gasteiger partial charge in [0.05, 0.1) is 0 Å². The fourth-order valence-electron chi connectivity index (χ4n) is 2.40. The summed E-state index contributed by atoms with van der Waals surface area (Å²) in [5.41, 5.74) is 4.60. The summed E-state index contributed by atoms with van der Waals surface area (Å²) in [5.74, 6) is 0. The largest absolute Gasteiger partial charge is 0.179 e. The highest BCUT2D eigenvalue weighted by Crippen LogP contribution is 2.11. The van der Waals surface area contributed by atoms with Gasteiger partial charge >= 0.3 is 0 Å². The number of hydrogen-bond acceptors (Lipinski definition) is 2. The van der Waals surface area contributed by atoms with Gasteiger partial charge in [-0.2, -0.15) is 25.3 Å². The summed E-state index contributed by atoms with van der Waals surface area (Å²) in [6.45, 7) is 4.27. The predicted molar refractivity (Wildman–Crippen MR) is 107 cm³/mol. The highest BCUT2D eigenvalue weighted by atomic mass is 32.1. The molecule has 0 spiro atoms. The monoisotopic (exact) mass is 336 g/mol. The van der Waals surface area contributed by atoms with Gasteiger partial charge in [0, 0.05) is 2.74 Å². The highest BCUT2D eigenvalue weighted by Gasteiger charge is 1.97. The van der Waals surface area contributed by atoms with Crippen molar-refractivity contribution in [1.82, 2.24) is 0 Å². The first-order valence-corrected chi connectivity index (χ1v) is 8.85. The summed E-state index contributed by atoms with van der Waals surface area (Å²) in [5, 5.41) is 0. The Bertz CT molecular complexity index is 544. The molecule has 22 heavy (non-hydrogen) atoms. The Labute approximate surface area is 150 Å². The van der Waals surface area contributed by atoms with Crippen LogP contribution in [0.4, 0.5) is 0 Å². The van der Waals surface area contributed by atoms with E-state index in [9.17, 15) is 0 Å². The second-order valence-electron chi connectivity index (χ2n) is 5.02. The van der Waals surface area contributed by atoms with E-state index >= 15 is 0 Å². The molecule has 2 aromatic carbocycles. The second kappa shape index (κ2) is 11.7. The average Bonchev–Trinajstić information content (AvgIpc) is 2.55. The molecule has 0 aliphatic heterocycles. The molecule has 0 aromatic heterocycles. The van der Waals surface area contributed by atoms with Crippen LogP contribution in [-0.2, 0) is 25.7 Å². The lowest BCUT2D eigenvalue weighted by Crippen LogP contribution is -1.92. The van der Waals surface area contributed by atoms with E-state index < -0.39 is 0 Å². The minimum absolute atomic E-state index is 0.294. The number of thiol groups is 2. The van der Waals surface area contributed by atoms with Gasteiger partial charge < -0.3 is 0 Å². The molecule has 0 aliphatic rings. The summed E-state index contributed by atoms with van der Waals surface area (Å²) in [6, 6.07) is 16.5. The SMILES string of the molecule is [3H]C(S)Cc1ccccc1CC.[3H]C(S)Cc1ccccc1CC. The third kappa shape index (κ3) is 6.50. The maximum absolute atomic E-state index is 7.35. The maximum atomic E-state index is 7.35. The fraction of sp³-hybridized carbons (Fsp3) is 0.400. The van der Waals surface area contributed by atoms with Crippen LogP contribution in [0.5, 0.6) is 0 Å². The third-order valence-electron chi connectivity index (χ3n) is 3.62. The molecule has 2 rings (SSSR count). The van der Waals surface area contributed by atoms with Gasteiger partial charge in [-0.05, 0) is 59.4 Å². The van der Waals surface area contributed by atoms with Crippen molar-refractivity contribution in [3.8, 4) is 0 Å². The molecule has 0 heterocycles. The molecule has 0 saturated heterocycles. The van der Waals surface area contributed by atoms with E-state index in [1.165, 1.54) is 22.3 Å². The van der Waals surface area contributed by atoms with E-state index in [1.807, 2.05) is 24.3 Å². The summed E-state index contributed by atoms with van der Waals surface area (Å²) in [6.07, 6.45) is 3.56. The van der Waals surface area contributed by atoms with Gasteiger partial charge in [-0.25, -0.2) is 0 Å². The lowest BCUT2D eigenvalue weighted by Gasteiger charge is -2.04. The summed E-state index contributed by atoms with van der Waals surface area (Å²) < 4.78 is 14.7. The average molecular weight is 337 g/mol. The minimum Gasteiger partial charge on any atom is -0.179 e. The summed E-state index contributed by atoms with van der Waals surface area (Å²) >= 11 is 8.12. The van der Waals surface area contributed by atoms with Gasteiger partial charge in [0.2, 0.25) is 0 Å². The van der Waals surface area contributed by atoms with Crippen LogP contribution >= 0.6 is 25.3 Å². The number of benzene rings is 2. The lowest BCUT2D eigenvalue weighted by atomic mass is 10.0. The van der Waals surface area contributed by atoms with E-state index in [0.29, 0.717) is 0 Å². The molecular formula is C20H28S2. The van der Waals surface area contributed by atoms with E-state index in [2.05, 4.69) is 63.4 Å². The Morgan fingerprint density at radius 1 is 0.682 bits per heavy atom. The van der Waals surface area contributed by atoms with Crippen LogP contribution in [-0.4, -0.2) is 11.5 Å². The van der Waals surface area contributed by atoms with Gasteiger partial charge in [0.15, 0.2) is 0 Å². The van der Waals surface area contributed by atoms with E-state index in [1.54, 1.807) is 0 Å². The van der Waals surface area contributed by atoms with Crippen molar-refractivity contribution in [3.05, 3.63) is 70.8 Å². The van der Waals surface area contributed by atoms with E-state index in [4.69, 9.17) is 2.74 Å². The molecular weight excluding hydrogens is 304 g/mol. The predicted octanol–water partition coefficient (Wildman–Crippen LogP) is 5.44. The molecule has 0 amide bonds. The first-order valence-electron chi connectivity index (χ1n) is 8.97. The normalized spacial score (nSPS) is 14.2. The number of aryl methyl sites for hydroxylation is 4. The van der Waals surface area contributed by atoms with Crippen LogP contribution in [0.2, 0.25) is 0 Å². The molecule has 2 unspecified atom stereocenters. The first-order chi connectivity index (χ1) is 11.5. The smallest absolute Gasteiger partial charge is 0.0381 e. The van der Waals surface area contributed by atoms with Crippen molar-refractivity contribution in [2.75, 3.05) is 11.5 Å². The Balaban J connectivity index is 0.000000240. The van der Waals surface area contributed by atoms with Crippen LogP contribution in [0.1, 0.15) is 38.8 Å². The van der Waals surface area contributed by atoms with Gasteiger partial charge in [-0.3, -0.25) is 0 Å². The molecule has 0 nitrogen and oxygen atoms in total. The van der Waals surface area contributed by atoms with Crippen LogP contribution in [0.15, 0.2) is 48.5 Å². The number of hydrogen-bond donors (Lipinski definition) is 2. The zero-order valence-electron chi connectivity index (χ0n) is 15.5. The van der Waals surface area contributed by atoms with Gasteiger partial charge in [-0.15, -0.1) is 0 Å². The van der Waals surface area contributed by atoms with Gasteiger partial charge in [-0.1, -0.05) is 62.4 Å². The molecule has 0 radical (unpaired) electrons. The van der Waals surface area contributed by atoms with Crippen molar-refractivity contribution in [2.24, 2.45) is 0 Å². The highest BCUT2D eigenvalue weighted by molar-refractivity contribution is 7.80. The zero-order chi connectivity index (χ0) is 17.9. The third-order valence-corrected chi connectivity index (χ3v) is 3.99. The van der Waals surface area contributed by atoms with Gasteiger partial charge in [0.25, 0.3) is 0 Å². The molecule has 0 fully saturated rings. The van der Waals surface area contributed by atoms with Crippen molar-refractivity contribution in [1.29, 1.82) is 0 Å². The van der Waals surface area contributed by atoms with Crippen LogP contribution < -0.4 is 0 Å². The summed E-state index contributed by atoms with van der Waals surface area (Å²) in [4.78, 5) is 0. The molecule has 2 heteroatoms. The molecule has 2 aromatic rings. The standard InChI is InChI=1S/2C10H14S/c2*1-2-9-5-3-4-6-10(9)7-8-11/h2*3-6,11H,2,7-8H2,1H3/i2*8T. The molecule has 0 saturated carbocycles. The van der Waals surface area contributed by atoms with Crippen molar-refractivity contribution < 1.29 is 2.74 Å². The molecule has 0 bridgehead atoms. The van der Waals surface area contributed by atoms with Crippen LogP contribution in [0, 0.1) is 0 Å². The molecule has 2 atom stereocenters. The molecule has 0 aliphatic carbocycles. The second-order valence-corrected chi connectivity index (χ2v) is 5.75. The maximum Gasteiger partial charge on any atom is 0.0381 e. The lowest BCUT2D eigenvalue weighted by molar-refractivity contribution is 1.05. The van der Waals surface area contributed by atoms with Crippen molar-refractivity contribution >= 4 is 25.3 Å². The first kappa shape index (κ1) is 16.0. The van der Waals surface area contributed by atoms with Gasteiger partial charge in [0.1, 0.15) is 0 Å². The fourth-order valence-corrected chi connectivity index (χ4v) is 2.79. The minimum atomic E-state index is -0.294. The van der Waals surface area contributed by atoms with Crippen LogP contribution in [0.25, 0.3) is 0 Å². The van der Waals surface area contributed by atoms with E-state index in [-0.39, 0.29) is 11.5 Å².